The van der Waals surface area contributed by atoms with E-state index in [-0.39, 0.29) is 0 Å². The summed E-state index contributed by atoms with van der Waals surface area (Å²) in [5, 5.41) is 10.5. The maximum Gasteiger partial charge on any atom is 0.224 e. The van der Waals surface area contributed by atoms with Crippen molar-refractivity contribution in [2.24, 2.45) is 5.92 Å². The van der Waals surface area contributed by atoms with Crippen molar-refractivity contribution in [3.05, 3.63) is 36.2 Å². The first kappa shape index (κ1) is 25.2. The molecule has 0 amide bonds. The number of pyridine rings is 1. The van der Waals surface area contributed by atoms with E-state index in [4.69, 9.17) is 9.97 Å². The predicted molar refractivity (Wildman–Crippen MR) is 141 cm³/mol. The van der Waals surface area contributed by atoms with Crippen molar-refractivity contribution in [2.45, 2.75) is 78.7 Å². The summed E-state index contributed by atoms with van der Waals surface area (Å²) in [5.41, 5.74) is 4.48. The average Bonchev–Trinajstić information content (AvgIpc) is 2.88. The van der Waals surface area contributed by atoms with Crippen LogP contribution in [0, 0.1) is 5.92 Å². The molecule has 2 aromatic rings. The molecule has 0 radical (unpaired) electrons. The summed E-state index contributed by atoms with van der Waals surface area (Å²) in [6, 6.07) is 4.75. The summed E-state index contributed by atoms with van der Waals surface area (Å²) < 4.78 is 0. The zero-order valence-electron chi connectivity index (χ0n) is 21.0. The van der Waals surface area contributed by atoms with Gasteiger partial charge in [0.15, 0.2) is 0 Å². The Labute approximate surface area is 200 Å². The van der Waals surface area contributed by atoms with E-state index in [1.165, 1.54) is 36.8 Å². The molecule has 4 rings (SSSR count). The molecule has 0 atom stereocenters. The molecule has 6 heteroatoms. The first-order valence-electron chi connectivity index (χ1n) is 13.0. The van der Waals surface area contributed by atoms with Gasteiger partial charge in [-0.25, -0.2) is 4.98 Å². The Morgan fingerprint density at radius 2 is 1.88 bits per heavy atom. The molecule has 33 heavy (non-hydrogen) atoms. The number of anilines is 2. The second-order valence-corrected chi connectivity index (χ2v) is 8.95. The second-order valence-electron chi connectivity index (χ2n) is 8.95. The third-order valence-electron chi connectivity index (χ3n) is 6.43. The molecule has 0 spiro atoms. The fourth-order valence-electron chi connectivity index (χ4n) is 4.37. The summed E-state index contributed by atoms with van der Waals surface area (Å²) in [4.78, 5) is 14.2. The van der Waals surface area contributed by atoms with Gasteiger partial charge in [0.05, 0.1) is 11.3 Å². The average molecular weight is 451 g/mol. The van der Waals surface area contributed by atoms with Crippen molar-refractivity contribution < 1.29 is 0 Å². The Morgan fingerprint density at radius 1 is 1.06 bits per heavy atom. The molecule has 0 bridgehead atoms. The van der Waals surface area contributed by atoms with Crippen LogP contribution in [0.15, 0.2) is 30.6 Å². The van der Waals surface area contributed by atoms with E-state index in [9.17, 15) is 0 Å². The summed E-state index contributed by atoms with van der Waals surface area (Å²) in [7, 11) is 0. The van der Waals surface area contributed by atoms with Gasteiger partial charge in [-0.2, -0.15) is 4.98 Å². The van der Waals surface area contributed by atoms with Gasteiger partial charge in [-0.1, -0.05) is 46.3 Å². The zero-order valence-corrected chi connectivity index (χ0v) is 21.0. The lowest BCUT2D eigenvalue weighted by atomic mass is 9.87. The van der Waals surface area contributed by atoms with E-state index in [1.807, 2.05) is 26.2 Å². The lowest BCUT2D eigenvalue weighted by Crippen LogP contribution is -2.26. The van der Waals surface area contributed by atoms with Gasteiger partial charge < -0.3 is 16.0 Å². The fraction of sp³-hybridized carbons (Fsp3) is 0.593. The highest BCUT2D eigenvalue weighted by Crippen LogP contribution is 2.31. The van der Waals surface area contributed by atoms with Gasteiger partial charge in [0.2, 0.25) is 5.95 Å². The van der Waals surface area contributed by atoms with Crippen LogP contribution < -0.4 is 16.0 Å². The highest BCUT2D eigenvalue weighted by atomic mass is 15.1. The third-order valence-corrected chi connectivity index (χ3v) is 6.43. The molecule has 180 valence electrons. The van der Waals surface area contributed by atoms with E-state index in [0.717, 1.165) is 61.9 Å². The molecule has 0 aromatic carbocycles. The number of hydrogen-bond acceptors (Lipinski definition) is 6. The Hall–Kier alpha value is -2.47. The van der Waals surface area contributed by atoms with Crippen LogP contribution in [0.5, 0.6) is 0 Å². The van der Waals surface area contributed by atoms with Gasteiger partial charge in [-0.15, -0.1) is 0 Å². The van der Waals surface area contributed by atoms with Gasteiger partial charge in [0.1, 0.15) is 5.82 Å². The third kappa shape index (κ3) is 7.26. The lowest BCUT2D eigenvalue weighted by molar-refractivity contribution is 0.361. The minimum Gasteiger partial charge on any atom is -0.367 e. The number of hydrogen-bond donors (Lipinski definition) is 3. The Morgan fingerprint density at radius 3 is 2.55 bits per heavy atom. The Kier molecular flexibility index (Phi) is 10.1. The summed E-state index contributed by atoms with van der Waals surface area (Å²) in [6.45, 7) is 11.4. The van der Waals surface area contributed by atoms with Crippen LogP contribution >= 0.6 is 0 Å². The minimum atomic E-state index is 0.465. The maximum atomic E-state index is 4.85. The van der Waals surface area contributed by atoms with Gasteiger partial charge in [-0.05, 0) is 68.2 Å². The molecular formula is C27H42N6. The molecule has 0 saturated heterocycles. The minimum absolute atomic E-state index is 0.465. The summed E-state index contributed by atoms with van der Waals surface area (Å²) in [6.07, 6.45) is 14.4. The van der Waals surface area contributed by atoms with E-state index >= 15 is 0 Å². The predicted octanol–water partition coefficient (Wildman–Crippen LogP) is 6.14. The van der Waals surface area contributed by atoms with Crippen molar-refractivity contribution in [1.29, 1.82) is 0 Å². The van der Waals surface area contributed by atoms with Crippen LogP contribution in [0.3, 0.4) is 0 Å². The fourth-order valence-corrected chi connectivity index (χ4v) is 4.37. The zero-order chi connectivity index (χ0) is 23.5. The normalized spacial score (nSPS) is 20.3. The van der Waals surface area contributed by atoms with Gasteiger partial charge in [0.25, 0.3) is 0 Å². The summed E-state index contributed by atoms with van der Waals surface area (Å²) >= 11 is 0. The van der Waals surface area contributed by atoms with Crippen LogP contribution in [-0.4, -0.2) is 40.6 Å². The van der Waals surface area contributed by atoms with Crippen molar-refractivity contribution >= 4 is 17.3 Å². The molecule has 2 aliphatic rings. The Balaban J connectivity index is 0.00000149. The van der Waals surface area contributed by atoms with Crippen LogP contribution in [-0.2, 0) is 0 Å². The molecule has 1 saturated carbocycles. The molecule has 1 aliphatic carbocycles. The molecule has 1 fully saturated rings. The molecule has 2 aromatic heterocycles. The molecule has 1 aliphatic heterocycles. The second kappa shape index (κ2) is 13.3. The van der Waals surface area contributed by atoms with E-state index in [0.29, 0.717) is 12.0 Å². The van der Waals surface area contributed by atoms with Crippen LogP contribution in [0.1, 0.15) is 78.2 Å². The van der Waals surface area contributed by atoms with Crippen LogP contribution in [0.4, 0.5) is 11.8 Å². The number of nitrogens with one attached hydrogen (secondary N) is 3. The summed E-state index contributed by atoms with van der Waals surface area (Å²) in [5.74, 6) is 2.42. The van der Waals surface area contributed by atoms with Crippen molar-refractivity contribution in [3.8, 4) is 11.3 Å². The Bertz CT molecular complexity index is 869. The molecule has 0 unspecified atom stereocenters. The first-order chi connectivity index (χ1) is 16.2. The molecule has 3 heterocycles. The van der Waals surface area contributed by atoms with E-state index in [1.54, 1.807) is 0 Å². The monoisotopic (exact) mass is 450 g/mol. The standard InChI is InChI=1S/C25H36N6.C2H6/c1-3-4-13-27-25-29-17-22(24(31-25)30-21-8-5-18(2)6-9-21)23-10-7-20(16-28-23)19-11-14-26-15-12-19;1-2/h7,10-11,16-18,21,26H,3-6,8-9,12-15H2,1-2H3,(H2,27,29,30,31);1-2H3. The number of aromatic nitrogens is 3. The molecule has 6 nitrogen and oxygen atoms in total. The molecule has 3 N–H and O–H groups in total. The lowest BCUT2D eigenvalue weighted by Gasteiger charge is -2.28. The van der Waals surface area contributed by atoms with Crippen molar-refractivity contribution in [3.63, 3.8) is 0 Å². The van der Waals surface area contributed by atoms with Crippen LogP contribution in [0.25, 0.3) is 16.8 Å². The van der Waals surface area contributed by atoms with E-state index < -0.39 is 0 Å². The number of rotatable bonds is 8. The number of nitrogens with zero attached hydrogens (tertiary/aromatic N) is 3. The van der Waals surface area contributed by atoms with Gasteiger partial charge in [0, 0.05) is 31.5 Å². The van der Waals surface area contributed by atoms with E-state index in [2.05, 4.69) is 53.0 Å². The maximum absolute atomic E-state index is 4.85. The van der Waals surface area contributed by atoms with Crippen LogP contribution in [0.2, 0.25) is 0 Å². The van der Waals surface area contributed by atoms with Gasteiger partial charge in [-0.3, -0.25) is 4.98 Å². The number of unbranched alkanes of at least 4 members (excludes halogenated alkanes) is 1. The topological polar surface area (TPSA) is 74.8 Å². The quantitative estimate of drug-likeness (QED) is 0.419. The molecular weight excluding hydrogens is 408 g/mol. The first-order valence-corrected chi connectivity index (χ1v) is 13.0. The smallest absolute Gasteiger partial charge is 0.224 e. The van der Waals surface area contributed by atoms with Gasteiger partial charge >= 0.3 is 0 Å². The van der Waals surface area contributed by atoms with Crippen molar-refractivity contribution in [1.82, 2.24) is 20.3 Å². The highest BCUT2D eigenvalue weighted by Gasteiger charge is 2.21. The van der Waals surface area contributed by atoms with Crippen molar-refractivity contribution in [2.75, 3.05) is 30.3 Å². The highest BCUT2D eigenvalue weighted by molar-refractivity contribution is 5.74. The largest absolute Gasteiger partial charge is 0.367 e. The SMILES string of the molecule is CC.CCCCNc1ncc(-c2ccc(C3=CCNCC3)cn2)c(NC2CCC(C)CC2)n1.